The van der Waals surface area contributed by atoms with Crippen molar-refractivity contribution in [2.75, 3.05) is 0 Å². The van der Waals surface area contributed by atoms with Crippen LogP contribution in [-0.4, -0.2) is 38.0 Å². The Bertz CT molecular complexity index is 512. The highest BCUT2D eigenvalue weighted by molar-refractivity contribution is 9.33. The molecule has 0 atom stereocenters. The number of hydrogen-bond donors (Lipinski definition) is 0. The van der Waals surface area contributed by atoms with Crippen LogP contribution >= 0.6 is 239 Å². The first-order valence-corrected chi connectivity index (χ1v) is 17.9. The quantitative estimate of drug-likeness (QED) is 0.216. The zero-order valence-electron chi connectivity index (χ0n) is 11.1. The first kappa shape index (κ1) is 27.7. The summed E-state index contributed by atoms with van der Waals surface area (Å²) in [6.07, 6.45) is 0. The molecule has 0 aromatic rings. The molecule has 1 nitrogen and oxygen atoms in total. The molecule has 0 aromatic carbocycles. The molecule has 0 amide bonds. The molecule has 0 saturated heterocycles. The van der Waals surface area contributed by atoms with Crippen molar-refractivity contribution in [1.82, 2.24) is 0 Å². The fourth-order valence-electron chi connectivity index (χ4n) is 3.81. The van der Waals surface area contributed by atoms with Gasteiger partial charge in [0.25, 0.3) is 0 Å². The Labute approximate surface area is 276 Å². The van der Waals surface area contributed by atoms with E-state index in [0.717, 1.165) is 0 Å². The molecule has 4 aliphatic rings. The molecule has 1 radical (unpaired) electrons. The van der Waals surface area contributed by atoms with Crippen LogP contribution in [0.3, 0.4) is 0 Å². The highest BCUT2D eigenvalue weighted by Crippen LogP contribution is 2.97. The third-order valence-electron chi connectivity index (χ3n) is 5.22. The summed E-state index contributed by atoms with van der Waals surface area (Å²) in [6, 6.07) is 0. The summed E-state index contributed by atoms with van der Waals surface area (Å²) in [5, 5.41) is 14.9. The van der Waals surface area contributed by atoms with Gasteiger partial charge < -0.3 is 0 Å². The summed E-state index contributed by atoms with van der Waals surface area (Å²) >= 11 is 57.4. The average molecular weight is 1330 g/mol. The van der Waals surface area contributed by atoms with Gasteiger partial charge in [-0.15, -0.1) is 0 Å². The van der Waals surface area contributed by atoms with Crippen LogP contribution in [0.5, 0.6) is 0 Å². The number of alkyl halides is 15. The van der Waals surface area contributed by atoms with Gasteiger partial charge in [0.1, 0.15) is 32.4 Å². The van der Waals surface area contributed by atoms with Crippen molar-refractivity contribution < 1.29 is 5.11 Å². The lowest BCUT2D eigenvalue weighted by atomic mass is 9.52. The molecular formula is C10Br15O. The molecule has 4 rings (SSSR count). The summed E-state index contributed by atoms with van der Waals surface area (Å²) in [6.45, 7) is 0. The first-order valence-electron chi connectivity index (χ1n) is 6.04. The van der Waals surface area contributed by atoms with E-state index in [1.54, 1.807) is 0 Å². The maximum Gasteiger partial charge on any atom is 0.183 e. The van der Waals surface area contributed by atoms with Gasteiger partial charge in [0.05, 0.1) is 0 Å². The Kier molecular flexibility index (Phi) is 7.39. The smallest absolute Gasteiger partial charge is 0.183 e. The van der Waals surface area contributed by atoms with Crippen LogP contribution in [0, 0.1) is 0 Å². The minimum absolute atomic E-state index is 0.957. The second-order valence-electron chi connectivity index (χ2n) is 6.10. The Balaban J connectivity index is 2.71. The number of halogens is 15. The van der Waals surface area contributed by atoms with Crippen molar-refractivity contribution in [1.29, 1.82) is 0 Å². The Hall–Kier alpha value is 7.16. The van der Waals surface area contributed by atoms with Gasteiger partial charge in [0.15, 0.2) is 5.60 Å². The van der Waals surface area contributed by atoms with Crippen molar-refractivity contribution in [3.8, 4) is 0 Å². The minimum Gasteiger partial charge on any atom is -0.222 e. The zero-order valence-corrected chi connectivity index (χ0v) is 34.9. The maximum atomic E-state index is 14.9. The van der Waals surface area contributed by atoms with E-state index < -0.39 is 38.0 Å². The van der Waals surface area contributed by atoms with E-state index in [9.17, 15) is 5.11 Å². The minimum atomic E-state index is -1.83. The molecule has 16 heteroatoms. The van der Waals surface area contributed by atoms with Gasteiger partial charge in [0, 0.05) is 0 Å². The number of hydrogen-bond acceptors (Lipinski definition) is 0. The molecule has 0 N–H and O–H groups in total. The molecule has 26 heavy (non-hydrogen) atoms. The molecule has 151 valence electrons. The van der Waals surface area contributed by atoms with Crippen molar-refractivity contribution in [3.63, 3.8) is 0 Å². The predicted molar refractivity (Wildman–Crippen MR) is 162 cm³/mol. The molecule has 0 aliphatic heterocycles. The van der Waals surface area contributed by atoms with Crippen molar-refractivity contribution >= 4 is 239 Å². The molecule has 4 saturated carbocycles. The van der Waals surface area contributed by atoms with Gasteiger partial charge in [-0.2, -0.15) is 0 Å². The normalized spacial score (nSPS) is 53.5. The fourth-order valence-corrected chi connectivity index (χ4v) is 34.3. The van der Waals surface area contributed by atoms with Gasteiger partial charge >= 0.3 is 0 Å². The van der Waals surface area contributed by atoms with E-state index in [1.807, 2.05) is 0 Å². The highest BCUT2D eigenvalue weighted by atomic mass is 79.9. The van der Waals surface area contributed by atoms with E-state index >= 15 is 0 Å². The van der Waals surface area contributed by atoms with Gasteiger partial charge in [0.2, 0.25) is 0 Å². The van der Waals surface area contributed by atoms with Crippen molar-refractivity contribution in [2.45, 2.75) is 38.0 Å². The second-order valence-corrected chi connectivity index (χ2v) is 30.3. The topological polar surface area (TPSA) is 19.9 Å². The third-order valence-corrected chi connectivity index (χ3v) is 34.2. The molecule has 0 heterocycles. The number of rotatable bonds is 0. The zero-order chi connectivity index (χ0) is 21.0. The summed E-state index contributed by atoms with van der Waals surface area (Å²) in [4.78, 5) is 0. The second kappa shape index (κ2) is 6.92. The Morgan fingerprint density at radius 2 is 0.462 bits per heavy atom. The van der Waals surface area contributed by atoms with Gasteiger partial charge in [-0.3, -0.25) is 0 Å². The molecule has 0 unspecified atom stereocenters. The standard InChI is InChI=1S/C10Br15O/c11-1-5(14,15)2(12)7(18,19)3(13,6(1,16)17)10(24,25)4(26,8(1,20)21)9(2,22)23. The summed E-state index contributed by atoms with van der Waals surface area (Å²) in [7, 11) is 0. The molecule has 0 aromatic heterocycles. The SMILES string of the molecule is [O]C12C(Br)(Br)C3(Br)C(Br)(Br)C(Br)(C1(Br)Br)C(Br)(Br)C(Br)(C2(Br)Br)C3(Br)Br. The summed E-state index contributed by atoms with van der Waals surface area (Å²) in [5.74, 6) is 0. The molecular weight excluding hydrogens is 1330 g/mol. The summed E-state index contributed by atoms with van der Waals surface area (Å²) in [5.41, 5.74) is -1.83. The highest BCUT2D eigenvalue weighted by Gasteiger charge is 3.08. The largest absolute Gasteiger partial charge is 0.222 e. The van der Waals surface area contributed by atoms with Gasteiger partial charge in [-0.25, -0.2) is 5.11 Å². The average Bonchev–Trinajstić information content (AvgIpc) is 2.46. The van der Waals surface area contributed by atoms with Crippen molar-refractivity contribution in [2.24, 2.45) is 0 Å². The monoisotopic (exact) mass is 1320 g/mol. The van der Waals surface area contributed by atoms with Crippen LogP contribution in [0.15, 0.2) is 0 Å². The fraction of sp³-hybridized carbons (Fsp3) is 1.00. The van der Waals surface area contributed by atoms with Crippen LogP contribution in [0.2, 0.25) is 0 Å². The summed E-state index contributed by atoms with van der Waals surface area (Å²) < 4.78 is -9.74. The molecule has 4 aliphatic carbocycles. The lowest BCUT2D eigenvalue weighted by molar-refractivity contribution is -0.129. The van der Waals surface area contributed by atoms with E-state index in [4.69, 9.17) is 0 Å². The maximum absolute atomic E-state index is 14.9. The first-order chi connectivity index (χ1) is 11.0. The lowest BCUT2D eigenvalue weighted by Crippen LogP contribution is -3.05. The van der Waals surface area contributed by atoms with E-state index in [1.165, 1.54) is 0 Å². The van der Waals surface area contributed by atoms with Gasteiger partial charge in [-0.05, 0) is 0 Å². The van der Waals surface area contributed by atoms with Crippen LogP contribution in [-0.2, 0) is 5.11 Å². The van der Waals surface area contributed by atoms with E-state index in [-0.39, 0.29) is 0 Å². The van der Waals surface area contributed by atoms with Crippen LogP contribution in [0.25, 0.3) is 0 Å². The van der Waals surface area contributed by atoms with Gasteiger partial charge in [-0.1, -0.05) is 239 Å². The Morgan fingerprint density at radius 3 is 0.615 bits per heavy atom. The molecule has 0 spiro atoms. The molecule has 4 fully saturated rings. The van der Waals surface area contributed by atoms with E-state index in [0.29, 0.717) is 0 Å². The van der Waals surface area contributed by atoms with E-state index in [2.05, 4.69) is 239 Å². The Morgan fingerprint density at radius 1 is 0.308 bits per heavy atom. The third kappa shape index (κ3) is 2.14. The van der Waals surface area contributed by atoms with Crippen molar-refractivity contribution in [3.05, 3.63) is 0 Å². The van der Waals surface area contributed by atoms with Crippen LogP contribution in [0.1, 0.15) is 0 Å². The molecule has 4 bridgehead atoms. The van der Waals surface area contributed by atoms with Crippen LogP contribution in [0.4, 0.5) is 0 Å². The predicted octanol–water partition coefficient (Wildman–Crippen LogP) is 10.5. The van der Waals surface area contributed by atoms with Crippen LogP contribution < -0.4 is 0 Å². The lowest BCUT2D eigenvalue weighted by Gasteiger charge is -2.87.